The molecule has 0 aromatic heterocycles. The van der Waals surface area contributed by atoms with Gasteiger partial charge in [-0.15, -0.1) is 0 Å². The second-order valence-electron chi connectivity index (χ2n) is 2.89. The molecule has 0 atom stereocenters. The molecule has 0 aliphatic heterocycles. The van der Waals surface area contributed by atoms with Crippen molar-refractivity contribution in [1.82, 2.24) is 0 Å². The summed E-state index contributed by atoms with van der Waals surface area (Å²) in [6, 6.07) is 0. The average Bonchev–Trinajstić information content (AvgIpc) is 0.650. The fourth-order valence-electron chi connectivity index (χ4n) is 0. The summed E-state index contributed by atoms with van der Waals surface area (Å²) in [4.78, 5) is 0. The summed E-state index contributed by atoms with van der Waals surface area (Å²) in [7, 11) is 0. The van der Waals surface area contributed by atoms with Crippen LogP contribution in [-0.4, -0.2) is 0 Å². The van der Waals surface area contributed by atoms with Crippen molar-refractivity contribution < 1.29 is 17.7 Å². The first kappa shape index (κ1) is 6.46. The number of rotatable bonds is 0. The quantitative estimate of drug-likeness (QED) is 0.654. The van der Waals surface area contributed by atoms with E-state index >= 15 is 0 Å². The van der Waals surface area contributed by atoms with E-state index in [4.69, 9.17) is 0 Å². The summed E-state index contributed by atoms with van der Waals surface area (Å²) < 4.78 is 10.9. The zero-order valence-corrected chi connectivity index (χ0v) is 7.50. The maximum atomic E-state index is 10.9. The molecule has 0 unspecified atom stereocenters. The van der Waals surface area contributed by atoms with E-state index in [1.165, 1.54) is 0 Å². The van der Waals surface area contributed by atoms with Gasteiger partial charge in [0.2, 0.25) is 0 Å². The molecule has 0 spiro atoms. The van der Waals surface area contributed by atoms with Crippen LogP contribution in [-0.2, 0) is 17.7 Å². The average molecular weight is 262 g/mol. The molecule has 0 radical (unpaired) electrons. The SMILES string of the molecule is [CH3][Re]([CH3])([CH3])([CH3])=[O]. The fourth-order valence-corrected chi connectivity index (χ4v) is 0. The van der Waals surface area contributed by atoms with Crippen molar-refractivity contribution in [3.05, 3.63) is 0 Å². The Kier molecular flexibility index (Phi) is 1.07. The molecule has 0 amide bonds. The Morgan fingerprint density at radius 1 is 1.00 bits per heavy atom. The molecule has 0 rings (SSSR count). The van der Waals surface area contributed by atoms with Gasteiger partial charge in [-0.05, 0) is 0 Å². The van der Waals surface area contributed by atoms with Crippen LogP contribution in [0.4, 0.5) is 0 Å². The van der Waals surface area contributed by atoms with Gasteiger partial charge in [0, 0.05) is 0 Å². The molecule has 0 N–H and O–H groups in total. The normalized spacial score (nSPS) is 19.0. The first-order chi connectivity index (χ1) is 2.24. The van der Waals surface area contributed by atoms with Gasteiger partial charge in [0.05, 0.1) is 0 Å². The van der Waals surface area contributed by atoms with Crippen molar-refractivity contribution in [2.75, 3.05) is 0 Å². The maximum absolute atomic E-state index is 10.9. The van der Waals surface area contributed by atoms with Crippen LogP contribution in [0.3, 0.4) is 0 Å². The first-order valence-electron chi connectivity index (χ1n) is 1.67. The molecule has 0 bridgehead atoms. The van der Waals surface area contributed by atoms with Gasteiger partial charge in [-0.2, -0.15) is 0 Å². The predicted molar refractivity (Wildman–Crippen MR) is 24.1 cm³/mol. The fraction of sp³-hybridized carbons (Fsp3) is 1.00. The van der Waals surface area contributed by atoms with Gasteiger partial charge >= 0.3 is 39.3 Å². The summed E-state index contributed by atoms with van der Waals surface area (Å²) in [5.41, 5.74) is 0. The molecule has 2 heteroatoms. The van der Waals surface area contributed by atoms with Crippen LogP contribution in [0.2, 0.25) is 21.6 Å². The zero-order valence-electron chi connectivity index (χ0n) is 4.79. The molecule has 41 valence electrons. The Hall–Kier alpha value is 0.462. The molecule has 0 aliphatic rings. The molecule has 0 fully saturated rings. The van der Waals surface area contributed by atoms with Gasteiger partial charge in [-0.25, -0.2) is 0 Å². The third kappa shape index (κ3) is 250. The van der Waals surface area contributed by atoms with Crippen molar-refractivity contribution in [2.45, 2.75) is 21.6 Å². The van der Waals surface area contributed by atoms with Crippen LogP contribution in [0.5, 0.6) is 0 Å². The third-order valence-electron chi connectivity index (χ3n) is 0. The second-order valence-corrected chi connectivity index (χ2v) is 23.6. The Bertz CT molecular complexity index is 85.2. The Balaban J connectivity index is 4.16. The van der Waals surface area contributed by atoms with Crippen LogP contribution in [0.1, 0.15) is 0 Å². The van der Waals surface area contributed by atoms with E-state index in [-0.39, 0.29) is 0 Å². The standard InChI is InChI=1S/4CH3.O.Re/h4*1H3;;. The van der Waals surface area contributed by atoms with Gasteiger partial charge in [0.1, 0.15) is 0 Å². The van der Waals surface area contributed by atoms with Crippen molar-refractivity contribution >= 4 is 0 Å². The number of hydrogen-bond donors (Lipinski definition) is 0. The van der Waals surface area contributed by atoms with Crippen LogP contribution in [0.25, 0.3) is 0 Å². The zero-order chi connectivity index (χ0) is 5.45. The minimum atomic E-state index is -2.95. The summed E-state index contributed by atoms with van der Waals surface area (Å²) in [5, 5.41) is 7.42. The van der Waals surface area contributed by atoms with Crippen LogP contribution in [0.15, 0.2) is 0 Å². The molecule has 0 heterocycles. The Morgan fingerprint density at radius 3 is 1.00 bits per heavy atom. The molecule has 0 aromatic rings. The van der Waals surface area contributed by atoms with Gasteiger partial charge < -0.3 is 0 Å². The molecular formula is C4H12ORe. The Labute approximate surface area is 39.8 Å². The van der Waals surface area contributed by atoms with Gasteiger partial charge in [0.15, 0.2) is 0 Å². The van der Waals surface area contributed by atoms with E-state index in [2.05, 4.69) is 0 Å². The van der Waals surface area contributed by atoms with Gasteiger partial charge in [-0.1, -0.05) is 0 Å². The second kappa shape index (κ2) is 0.994. The van der Waals surface area contributed by atoms with Crippen molar-refractivity contribution in [2.24, 2.45) is 0 Å². The summed E-state index contributed by atoms with van der Waals surface area (Å²) in [6.45, 7) is 0. The van der Waals surface area contributed by atoms with Gasteiger partial charge in [0.25, 0.3) is 0 Å². The molecule has 0 saturated carbocycles. The molecule has 0 aromatic carbocycles. The monoisotopic (exact) mass is 263 g/mol. The predicted octanol–water partition coefficient (Wildman–Crippen LogP) is 2.21. The van der Waals surface area contributed by atoms with E-state index < -0.39 is 14.3 Å². The van der Waals surface area contributed by atoms with Crippen LogP contribution in [0, 0.1) is 0 Å². The molecule has 0 aliphatic carbocycles. The first-order valence-corrected chi connectivity index (χ1v) is 13.6. The third-order valence-corrected chi connectivity index (χ3v) is 0. The van der Waals surface area contributed by atoms with Crippen LogP contribution < -0.4 is 0 Å². The summed E-state index contributed by atoms with van der Waals surface area (Å²) in [6.07, 6.45) is 0. The summed E-state index contributed by atoms with van der Waals surface area (Å²) in [5.74, 6) is 0. The molecule has 1 nitrogen and oxygen atoms in total. The van der Waals surface area contributed by atoms with Gasteiger partial charge in [-0.3, -0.25) is 0 Å². The van der Waals surface area contributed by atoms with Crippen molar-refractivity contribution in [3.63, 3.8) is 0 Å². The molecular weight excluding hydrogens is 250 g/mol. The molecule has 0 saturated heterocycles. The van der Waals surface area contributed by atoms with Crippen LogP contribution >= 0.6 is 0 Å². The van der Waals surface area contributed by atoms with Crippen molar-refractivity contribution in [1.29, 1.82) is 0 Å². The van der Waals surface area contributed by atoms with E-state index in [1.54, 1.807) is 0 Å². The van der Waals surface area contributed by atoms with E-state index in [9.17, 15) is 3.47 Å². The summed E-state index contributed by atoms with van der Waals surface area (Å²) >= 11 is -2.95. The van der Waals surface area contributed by atoms with E-state index in [0.717, 1.165) is 0 Å². The topological polar surface area (TPSA) is 17.1 Å². The van der Waals surface area contributed by atoms with Crippen molar-refractivity contribution in [3.8, 4) is 0 Å². The minimum absolute atomic E-state index is 1.86. The Morgan fingerprint density at radius 2 is 1.00 bits per heavy atom. The molecule has 6 heavy (non-hydrogen) atoms. The van der Waals surface area contributed by atoms with E-state index in [1.807, 2.05) is 21.6 Å². The van der Waals surface area contributed by atoms with E-state index in [0.29, 0.717) is 0 Å². The number of hydrogen-bond acceptors (Lipinski definition) is 1.